The molecule has 0 bridgehead atoms. The first-order valence-electron chi connectivity index (χ1n) is 7.80. The number of para-hydroxylation sites is 1. The van der Waals surface area contributed by atoms with Crippen LogP contribution in [0.2, 0.25) is 0 Å². The van der Waals surface area contributed by atoms with Crippen LogP contribution in [0.25, 0.3) is 0 Å². The summed E-state index contributed by atoms with van der Waals surface area (Å²) < 4.78 is 9.98. The van der Waals surface area contributed by atoms with Gasteiger partial charge in [0.05, 0.1) is 19.6 Å². The van der Waals surface area contributed by atoms with E-state index in [1.165, 1.54) is 11.8 Å². The Morgan fingerprint density at radius 2 is 1.84 bits per heavy atom. The van der Waals surface area contributed by atoms with Gasteiger partial charge in [0.15, 0.2) is 5.57 Å². The molecule has 2 rings (SSSR count). The smallest absolute Gasteiger partial charge is 0.351 e. The molecule has 0 aliphatic carbocycles. The monoisotopic (exact) mass is 358 g/mol. The Morgan fingerprint density at radius 3 is 2.44 bits per heavy atom. The minimum absolute atomic E-state index is 0.0424. The van der Waals surface area contributed by atoms with Crippen LogP contribution < -0.4 is 4.90 Å². The van der Waals surface area contributed by atoms with Crippen molar-refractivity contribution in [3.63, 3.8) is 0 Å². The molecule has 1 heterocycles. The Balaban J connectivity index is 2.43. The van der Waals surface area contributed by atoms with E-state index >= 15 is 0 Å². The van der Waals surface area contributed by atoms with Crippen molar-refractivity contribution in [2.45, 2.75) is 20.3 Å². The van der Waals surface area contributed by atoms with Crippen LogP contribution >= 0.6 is 11.8 Å². The fraction of sp³-hybridized carbons (Fsp3) is 0.278. The van der Waals surface area contributed by atoms with Gasteiger partial charge in [-0.3, -0.25) is 4.79 Å². The molecule has 0 fully saturated rings. The van der Waals surface area contributed by atoms with E-state index in [9.17, 15) is 14.9 Å². The van der Waals surface area contributed by atoms with Crippen molar-refractivity contribution < 1.29 is 19.1 Å². The van der Waals surface area contributed by atoms with E-state index in [1.54, 1.807) is 24.2 Å². The molecule has 0 aromatic heterocycles. The minimum Gasteiger partial charge on any atom is -0.466 e. The summed E-state index contributed by atoms with van der Waals surface area (Å²) in [6.45, 7) is 3.89. The average Bonchev–Trinajstić information content (AvgIpc) is 3.00. The maximum Gasteiger partial charge on any atom is 0.351 e. The first kappa shape index (κ1) is 18.6. The quantitative estimate of drug-likeness (QED) is 0.438. The van der Waals surface area contributed by atoms with E-state index < -0.39 is 5.97 Å². The lowest BCUT2D eigenvalue weighted by molar-refractivity contribution is -0.142. The van der Waals surface area contributed by atoms with Crippen molar-refractivity contribution in [1.82, 2.24) is 0 Å². The number of hydrogen-bond acceptors (Lipinski definition) is 7. The van der Waals surface area contributed by atoms with Crippen LogP contribution in [0.1, 0.15) is 20.3 Å². The number of anilines is 1. The first-order valence-corrected chi connectivity index (χ1v) is 8.68. The van der Waals surface area contributed by atoms with Crippen molar-refractivity contribution >= 4 is 29.4 Å². The van der Waals surface area contributed by atoms with Gasteiger partial charge in [0, 0.05) is 11.4 Å². The number of esters is 2. The zero-order chi connectivity index (χ0) is 18.2. The Kier molecular flexibility index (Phi) is 6.66. The van der Waals surface area contributed by atoms with Gasteiger partial charge in [0.1, 0.15) is 11.1 Å². The molecule has 130 valence electrons. The molecular weight excluding hydrogens is 340 g/mol. The second-order valence-corrected chi connectivity index (χ2v) is 5.75. The third-order valence-corrected chi connectivity index (χ3v) is 4.25. The highest BCUT2D eigenvalue weighted by atomic mass is 32.2. The minimum atomic E-state index is -0.681. The Hall–Kier alpha value is -2.72. The number of thioether (sulfide) groups is 1. The molecule has 0 amide bonds. The Bertz CT molecular complexity index is 750. The van der Waals surface area contributed by atoms with Crippen molar-refractivity contribution in [3.8, 4) is 6.07 Å². The summed E-state index contributed by atoms with van der Waals surface area (Å²) >= 11 is 1.21. The van der Waals surface area contributed by atoms with E-state index in [-0.39, 0.29) is 24.6 Å². The second kappa shape index (κ2) is 8.94. The molecule has 7 heteroatoms. The van der Waals surface area contributed by atoms with Crippen LogP contribution in [0.15, 0.2) is 52.0 Å². The number of benzene rings is 1. The lowest BCUT2D eigenvalue weighted by Crippen LogP contribution is -2.22. The van der Waals surface area contributed by atoms with E-state index in [0.717, 1.165) is 5.69 Å². The van der Waals surface area contributed by atoms with Gasteiger partial charge in [-0.2, -0.15) is 5.26 Å². The van der Waals surface area contributed by atoms with Crippen molar-refractivity contribution in [2.75, 3.05) is 18.1 Å². The number of hydrogen-bond donors (Lipinski definition) is 0. The van der Waals surface area contributed by atoms with Crippen LogP contribution in [0.5, 0.6) is 0 Å². The summed E-state index contributed by atoms with van der Waals surface area (Å²) in [5, 5.41) is 11.6. The third kappa shape index (κ3) is 4.43. The molecule has 6 nitrogen and oxygen atoms in total. The molecule has 0 atom stereocenters. The van der Waals surface area contributed by atoms with Crippen LogP contribution in [0.3, 0.4) is 0 Å². The zero-order valence-electron chi connectivity index (χ0n) is 14.0. The molecule has 0 N–H and O–H groups in total. The molecule has 0 saturated heterocycles. The molecule has 25 heavy (non-hydrogen) atoms. The summed E-state index contributed by atoms with van der Waals surface area (Å²) in [6, 6.07) is 11.1. The van der Waals surface area contributed by atoms with Gasteiger partial charge in [-0.05, 0) is 31.4 Å². The molecule has 1 aromatic carbocycles. The lowest BCUT2D eigenvalue weighted by atomic mass is 10.2. The van der Waals surface area contributed by atoms with Gasteiger partial charge in [-0.15, -0.1) is 0 Å². The topological polar surface area (TPSA) is 79.6 Å². The Labute approximate surface area is 150 Å². The van der Waals surface area contributed by atoms with Crippen LogP contribution in [-0.2, 0) is 19.1 Å². The van der Waals surface area contributed by atoms with Gasteiger partial charge in [-0.25, -0.2) is 4.79 Å². The van der Waals surface area contributed by atoms with E-state index in [1.807, 2.05) is 36.4 Å². The molecule has 1 aliphatic rings. The number of rotatable bonds is 6. The number of nitriles is 1. The highest BCUT2D eigenvalue weighted by Crippen LogP contribution is 2.41. The second-order valence-electron chi connectivity index (χ2n) is 4.89. The maximum absolute atomic E-state index is 12.1. The van der Waals surface area contributed by atoms with E-state index in [4.69, 9.17) is 9.47 Å². The normalized spacial score (nSPS) is 15.2. The number of nitrogens with zero attached hydrogens (tertiary/aromatic N) is 2. The largest absolute Gasteiger partial charge is 0.466 e. The number of ether oxygens (including phenoxy) is 2. The number of carbonyl (C=O) groups excluding carboxylic acids is 2. The predicted octanol–water partition coefficient (Wildman–Crippen LogP) is 3.33. The first-order chi connectivity index (χ1) is 12.1. The van der Waals surface area contributed by atoms with E-state index in [2.05, 4.69) is 0 Å². The molecular formula is C18H18N2O4S. The highest BCUT2D eigenvalue weighted by molar-refractivity contribution is 8.06. The molecule has 0 saturated carbocycles. The standard InChI is InChI=1S/C18H18N2O4S/c1-3-23-16(21)10-14-12-25-17(15(11-19)18(22)24-4-2)20(14)13-8-6-5-7-9-13/h5-9,12H,3-4,10H2,1-2H3/b17-15+. The van der Waals surface area contributed by atoms with Gasteiger partial charge in [0.2, 0.25) is 0 Å². The summed E-state index contributed by atoms with van der Waals surface area (Å²) in [6.07, 6.45) is 0.0424. The van der Waals surface area contributed by atoms with Gasteiger partial charge in [-0.1, -0.05) is 30.0 Å². The summed E-state index contributed by atoms with van der Waals surface area (Å²) in [5.74, 6) is -1.05. The zero-order valence-corrected chi connectivity index (χ0v) is 14.8. The van der Waals surface area contributed by atoms with Crippen LogP contribution in [-0.4, -0.2) is 25.2 Å². The molecule has 1 aliphatic heterocycles. The van der Waals surface area contributed by atoms with Gasteiger partial charge < -0.3 is 14.4 Å². The SMILES string of the molecule is CCOC(=O)CC1=CS/C(=C(\C#N)C(=O)OCC)N1c1ccccc1. The summed E-state index contributed by atoms with van der Waals surface area (Å²) in [4.78, 5) is 25.7. The van der Waals surface area contributed by atoms with Gasteiger partial charge in [0.25, 0.3) is 0 Å². The summed E-state index contributed by atoms with van der Waals surface area (Å²) in [7, 11) is 0. The lowest BCUT2D eigenvalue weighted by Gasteiger charge is -2.23. The molecule has 0 radical (unpaired) electrons. The molecule has 1 aromatic rings. The number of carbonyl (C=O) groups is 2. The van der Waals surface area contributed by atoms with E-state index in [0.29, 0.717) is 17.3 Å². The highest BCUT2D eigenvalue weighted by Gasteiger charge is 2.30. The molecule has 0 spiro atoms. The maximum atomic E-state index is 12.1. The Morgan fingerprint density at radius 1 is 1.16 bits per heavy atom. The third-order valence-electron chi connectivity index (χ3n) is 3.25. The predicted molar refractivity (Wildman–Crippen MR) is 95.1 cm³/mol. The van der Waals surface area contributed by atoms with Crippen molar-refractivity contribution in [3.05, 3.63) is 52.0 Å². The van der Waals surface area contributed by atoms with Crippen LogP contribution in [0.4, 0.5) is 5.69 Å². The fourth-order valence-corrected chi connectivity index (χ4v) is 3.27. The fourth-order valence-electron chi connectivity index (χ4n) is 2.26. The van der Waals surface area contributed by atoms with Crippen LogP contribution in [0, 0.1) is 11.3 Å². The average molecular weight is 358 g/mol. The van der Waals surface area contributed by atoms with Crippen molar-refractivity contribution in [1.29, 1.82) is 5.26 Å². The van der Waals surface area contributed by atoms with Gasteiger partial charge >= 0.3 is 11.9 Å². The van der Waals surface area contributed by atoms with Crippen molar-refractivity contribution in [2.24, 2.45) is 0 Å². The molecule has 0 unspecified atom stereocenters. The summed E-state index contributed by atoms with van der Waals surface area (Å²) in [5.41, 5.74) is 1.29.